The van der Waals surface area contributed by atoms with Crippen molar-refractivity contribution in [3.05, 3.63) is 17.8 Å². The molecule has 1 atom stereocenters. The number of ether oxygens (including phenoxy) is 1. The van der Waals surface area contributed by atoms with Crippen molar-refractivity contribution >= 4 is 11.5 Å². The Balaban J connectivity index is 2.08. The highest BCUT2D eigenvalue weighted by atomic mass is 16.5. The van der Waals surface area contributed by atoms with Crippen LogP contribution in [0.4, 0.5) is 11.5 Å². The van der Waals surface area contributed by atoms with Gasteiger partial charge in [-0.15, -0.1) is 0 Å². The van der Waals surface area contributed by atoms with Crippen LogP contribution in [0.1, 0.15) is 25.3 Å². The van der Waals surface area contributed by atoms with E-state index in [1.54, 1.807) is 0 Å². The minimum Gasteiger partial charge on any atom is -0.398 e. The molecule has 4 nitrogen and oxygen atoms in total. The molecule has 0 aliphatic carbocycles. The second-order valence-corrected chi connectivity index (χ2v) is 4.57. The molecular formula is C13H21N3O. The Bertz CT molecular complexity index is 375. The lowest BCUT2D eigenvalue weighted by molar-refractivity contribution is 0.115. The number of nitrogen functional groups attached to an aromatic ring is 1. The van der Waals surface area contributed by atoms with Crippen molar-refractivity contribution in [1.29, 1.82) is 0 Å². The number of likely N-dealkylation sites (N-methyl/N-ethyl adjacent to an activating group) is 1. The summed E-state index contributed by atoms with van der Waals surface area (Å²) in [6, 6.07) is 1.95. The Morgan fingerprint density at radius 2 is 2.41 bits per heavy atom. The van der Waals surface area contributed by atoms with E-state index in [-0.39, 0.29) is 0 Å². The SMILES string of the molecule is CCN(CC1CCCO1)c1cc(N)c(C)cn1. The zero-order valence-electron chi connectivity index (χ0n) is 10.6. The number of aromatic nitrogens is 1. The van der Waals surface area contributed by atoms with Crippen molar-refractivity contribution in [2.45, 2.75) is 32.8 Å². The molecule has 0 bridgehead atoms. The highest BCUT2D eigenvalue weighted by molar-refractivity contribution is 5.54. The third-order valence-electron chi connectivity index (χ3n) is 3.28. The van der Waals surface area contributed by atoms with E-state index in [4.69, 9.17) is 10.5 Å². The second-order valence-electron chi connectivity index (χ2n) is 4.57. The normalized spacial score (nSPS) is 19.5. The van der Waals surface area contributed by atoms with Crippen LogP contribution in [0.5, 0.6) is 0 Å². The number of hydrogen-bond acceptors (Lipinski definition) is 4. The van der Waals surface area contributed by atoms with Crippen molar-refractivity contribution in [2.24, 2.45) is 0 Å². The predicted octanol–water partition coefficient (Wildman–Crippen LogP) is 1.98. The number of anilines is 2. The molecule has 2 N–H and O–H groups in total. The van der Waals surface area contributed by atoms with Crippen molar-refractivity contribution in [2.75, 3.05) is 30.3 Å². The van der Waals surface area contributed by atoms with Crippen molar-refractivity contribution < 1.29 is 4.74 Å². The minimum atomic E-state index is 0.347. The third-order valence-corrected chi connectivity index (χ3v) is 3.28. The number of aryl methyl sites for hydroxylation is 1. The molecule has 1 aromatic rings. The first kappa shape index (κ1) is 12.2. The number of hydrogen-bond donors (Lipinski definition) is 1. The highest BCUT2D eigenvalue weighted by Gasteiger charge is 2.19. The van der Waals surface area contributed by atoms with Gasteiger partial charge in [0, 0.05) is 37.6 Å². The molecule has 1 saturated heterocycles. The maximum Gasteiger partial charge on any atom is 0.130 e. The molecule has 0 saturated carbocycles. The quantitative estimate of drug-likeness (QED) is 0.867. The lowest BCUT2D eigenvalue weighted by Gasteiger charge is -2.25. The Kier molecular flexibility index (Phi) is 3.84. The van der Waals surface area contributed by atoms with Crippen LogP contribution in [0, 0.1) is 6.92 Å². The van der Waals surface area contributed by atoms with Crippen LogP contribution in [-0.2, 0) is 4.74 Å². The van der Waals surface area contributed by atoms with Crippen LogP contribution < -0.4 is 10.6 Å². The second kappa shape index (κ2) is 5.36. The molecule has 2 rings (SSSR count). The van der Waals surface area contributed by atoms with Crippen LogP contribution in [-0.4, -0.2) is 30.8 Å². The average molecular weight is 235 g/mol. The van der Waals surface area contributed by atoms with E-state index in [9.17, 15) is 0 Å². The summed E-state index contributed by atoms with van der Waals surface area (Å²) in [6.45, 7) is 6.84. The number of rotatable bonds is 4. The Morgan fingerprint density at radius 3 is 3.00 bits per heavy atom. The first-order chi connectivity index (χ1) is 8.20. The van der Waals surface area contributed by atoms with Gasteiger partial charge in [-0.1, -0.05) is 0 Å². The molecule has 4 heteroatoms. The van der Waals surface area contributed by atoms with E-state index < -0.39 is 0 Å². The summed E-state index contributed by atoms with van der Waals surface area (Å²) in [6.07, 6.45) is 4.51. The molecule has 94 valence electrons. The van der Waals surface area contributed by atoms with Crippen LogP contribution in [0.2, 0.25) is 0 Å². The highest BCUT2D eigenvalue weighted by Crippen LogP contribution is 2.20. The number of pyridine rings is 1. The summed E-state index contributed by atoms with van der Waals surface area (Å²) in [7, 11) is 0. The molecule has 0 spiro atoms. The van der Waals surface area contributed by atoms with Gasteiger partial charge in [0.1, 0.15) is 5.82 Å². The van der Waals surface area contributed by atoms with Gasteiger partial charge in [-0.05, 0) is 32.3 Å². The molecule has 1 aromatic heterocycles. The van der Waals surface area contributed by atoms with Gasteiger partial charge in [-0.25, -0.2) is 4.98 Å². The Labute approximate surface area is 103 Å². The fourth-order valence-corrected chi connectivity index (χ4v) is 2.12. The predicted molar refractivity (Wildman–Crippen MR) is 70.2 cm³/mol. The van der Waals surface area contributed by atoms with Crippen molar-refractivity contribution in [1.82, 2.24) is 4.98 Å². The lowest BCUT2D eigenvalue weighted by atomic mass is 10.2. The van der Waals surface area contributed by atoms with Crippen molar-refractivity contribution in [3.63, 3.8) is 0 Å². The summed E-state index contributed by atoms with van der Waals surface area (Å²) in [5.74, 6) is 0.950. The molecular weight excluding hydrogens is 214 g/mol. The summed E-state index contributed by atoms with van der Waals surface area (Å²) in [5.41, 5.74) is 7.76. The van der Waals surface area contributed by atoms with Gasteiger partial charge < -0.3 is 15.4 Å². The fourth-order valence-electron chi connectivity index (χ4n) is 2.12. The number of nitrogens with two attached hydrogens (primary N) is 1. The third kappa shape index (κ3) is 2.88. The minimum absolute atomic E-state index is 0.347. The van der Waals surface area contributed by atoms with E-state index >= 15 is 0 Å². The van der Waals surface area contributed by atoms with E-state index in [0.717, 1.165) is 43.2 Å². The molecule has 1 unspecified atom stereocenters. The van der Waals surface area contributed by atoms with Crippen LogP contribution in [0.15, 0.2) is 12.3 Å². The summed E-state index contributed by atoms with van der Waals surface area (Å²) in [5, 5.41) is 0. The smallest absolute Gasteiger partial charge is 0.130 e. The van der Waals surface area contributed by atoms with E-state index in [1.807, 2.05) is 19.2 Å². The standard InChI is InChI=1S/C13H21N3O/c1-3-16(9-11-5-4-6-17-11)13-7-12(14)10(2)8-15-13/h7-8,11H,3-6,9H2,1-2H3,(H2,14,15). The molecule has 0 aromatic carbocycles. The van der Waals surface area contributed by atoms with Gasteiger partial charge in [0.25, 0.3) is 0 Å². The van der Waals surface area contributed by atoms with Gasteiger partial charge >= 0.3 is 0 Å². The van der Waals surface area contributed by atoms with Gasteiger partial charge in [0.2, 0.25) is 0 Å². The monoisotopic (exact) mass is 235 g/mol. The van der Waals surface area contributed by atoms with Crippen LogP contribution in [0.25, 0.3) is 0 Å². The van der Waals surface area contributed by atoms with E-state index in [1.165, 1.54) is 6.42 Å². The summed E-state index contributed by atoms with van der Waals surface area (Å²) >= 11 is 0. The van der Waals surface area contributed by atoms with Gasteiger partial charge in [0.15, 0.2) is 0 Å². The number of nitrogens with zero attached hydrogens (tertiary/aromatic N) is 2. The fraction of sp³-hybridized carbons (Fsp3) is 0.615. The molecule has 2 heterocycles. The summed E-state index contributed by atoms with van der Waals surface area (Å²) in [4.78, 5) is 6.67. The van der Waals surface area contributed by atoms with Gasteiger partial charge in [0.05, 0.1) is 6.10 Å². The maximum absolute atomic E-state index is 5.92. The lowest BCUT2D eigenvalue weighted by Crippen LogP contribution is -2.32. The zero-order chi connectivity index (χ0) is 12.3. The average Bonchev–Trinajstić information content (AvgIpc) is 2.82. The zero-order valence-corrected chi connectivity index (χ0v) is 10.6. The van der Waals surface area contributed by atoms with Crippen LogP contribution in [0.3, 0.4) is 0 Å². The Morgan fingerprint density at radius 1 is 1.59 bits per heavy atom. The molecule has 17 heavy (non-hydrogen) atoms. The first-order valence-electron chi connectivity index (χ1n) is 6.29. The first-order valence-corrected chi connectivity index (χ1v) is 6.29. The molecule has 0 amide bonds. The van der Waals surface area contributed by atoms with Crippen molar-refractivity contribution in [3.8, 4) is 0 Å². The van der Waals surface area contributed by atoms with E-state index in [0.29, 0.717) is 6.10 Å². The Hall–Kier alpha value is -1.29. The molecule has 1 aliphatic heterocycles. The molecule has 1 aliphatic rings. The summed E-state index contributed by atoms with van der Waals surface area (Å²) < 4.78 is 5.66. The molecule has 0 radical (unpaired) electrons. The van der Waals surface area contributed by atoms with E-state index in [2.05, 4.69) is 16.8 Å². The maximum atomic E-state index is 5.92. The topological polar surface area (TPSA) is 51.4 Å². The largest absolute Gasteiger partial charge is 0.398 e. The van der Waals surface area contributed by atoms with Crippen LogP contribution >= 0.6 is 0 Å². The molecule has 1 fully saturated rings. The van der Waals surface area contributed by atoms with Gasteiger partial charge in [-0.2, -0.15) is 0 Å². The van der Waals surface area contributed by atoms with Gasteiger partial charge in [-0.3, -0.25) is 0 Å².